The van der Waals surface area contributed by atoms with Crippen LogP contribution >= 0.6 is 11.8 Å². The van der Waals surface area contributed by atoms with Crippen molar-refractivity contribution in [2.75, 3.05) is 25.4 Å². The fraction of sp³-hybridized carbons (Fsp3) is 0.727. The third-order valence-electron chi connectivity index (χ3n) is 2.99. The summed E-state index contributed by atoms with van der Waals surface area (Å²) in [5.74, 6) is 0.741. The van der Waals surface area contributed by atoms with Gasteiger partial charge < -0.3 is 14.6 Å². The van der Waals surface area contributed by atoms with Crippen molar-refractivity contribution < 1.29 is 9.90 Å². The summed E-state index contributed by atoms with van der Waals surface area (Å²) < 4.78 is 1.95. The van der Waals surface area contributed by atoms with Crippen molar-refractivity contribution in [3.63, 3.8) is 0 Å². The molecule has 18 heavy (non-hydrogen) atoms. The van der Waals surface area contributed by atoms with Gasteiger partial charge in [-0.05, 0) is 13.8 Å². The van der Waals surface area contributed by atoms with E-state index < -0.39 is 0 Å². The van der Waals surface area contributed by atoms with E-state index in [9.17, 15) is 4.79 Å². The second-order valence-corrected chi connectivity index (χ2v) is 5.69. The van der Waals surface area contributed by atoms with Crippen LogP contribution < -0.4 is 0 Å². The molecule has 1 saturated heterocycles. The van der Waals surface area contributed by atoms with Crippen LogP contribution in [0.5, 0.6) is 0 Å². The van der Waals surface area contributed by atoms with Gasteiger partial charge in [0.05, 0.1) is 5.75 Å². The highest BCUT2D eigenvalue weighted by Gasteiger charge is 2.29. The van der Waals surface area contributed by atoms with E-state index in [1.165, 1.54) is 11.8 Å². The molecule has 1 amide bonds. The van der Waals surface area contributed by atoms with Gasteiger partial charge in [-0.15, -0.1) is 10.2 Å². The number of aliphatic hydroxyl groups excluding tert-OH is 1. The molecular weight excluding hydrogens is 252 g/mol. The predicted octanol–water partition coefficient (Wildman–Crippen LogP) is 0.402. The predicted molar refractivity (Wildman–Crippen MR) is 68.3 cm³/mol. The number of thioether (sulfide) groups is 1. The number of rotatable bonds is 5. The van der Waals surface area contributed by atoms with Crippen molar-refractivity contribution in [3.05, 3.63) is 6.33 Å². The summed E-state index contributed by atoms with van der Waals surface area (Å²) in [6.07, 6.45) is 1.68. The second-order valence-electron chi connectivity index (χ2n) is 4.75. The van der Waals surface area contributed by atoms with Gasteiger partial charge in [-0.1, -0.05) is 11.8 Å². The molecule has 0 aliphatic carbocycles. The summed E-state index contributed by atoms with van der Waals surface area (Å²) in [4.78, 5) is 13.6. The number of likely N-dealkylation sites (tertiary alicyclic amines) is 1. The molecule has 0 bridgehead atoms. The Kier molecular flexibility index (Phi) is 4.23. The lowest BCUT2D eigenvalue weighted by molar-refractivity contribution is -0.135. The molecular formula is C11H18N4O2S. The number of aromatic nitrogens is 3. The van der Waals surface area contributed by atoms with Gasteiger partial charge in [0.15, 0.2) is 5.16 Å². The Hall–Kier alpha value is -1.08. The van der Waals surface area contributed by atoms with Crippen LogP contribution in [0.25, 0.3) is 0 Å². The van der Waals surface area contributed by atoms with E-state index in [2.05, 4.69) is 24.0 Å². The second kappa shape index (κ2) is 5.71. The van der Waals surface area contributed by atoms with Gasteiger partial charge in [-0.25, -0.2) is 0 Å². The third kappa shape index (κ3) is 2.84. The molecule has 0 spiro atoms. The van der Waals surface area contributed by atoms with Crippen LogP contribution in [-0.4, -0.2) is 56.1 Å². The smallest absolute Gasteiger partial charge is 0.233 e. The van der Waals surface area contributed by atoms with Crippen LogP contribution in [-0.2, 0) is 4.79 Å². The first kappa shape index (κ1) is 13.4. The number of carbonyl (C=O) groups is 1. The molecule has 1 aliphatic rings. The Labute approximate surface area is 110 Å². The number of carbonyl (C=O) groups excluding carboxylic acids is 1. The molecule has 0 aromatic carbocycles. The van der Waals surface area contributed by atoms with Crippen LogP contribution in [0.3, 0.4) is 0 Å². The van der Waals surface area contributed by atoms with E-state index in [-0.39, 0.29) is 18.4 Å². The molecule has 1 aromatic heterocycles. The van der Waals surface area contributed by atoms with Gasteiger partial charge in [-0.3, -0.25) is 4.79 Å². The maximum Gasteiger partial charge on any atom is 0.233 e. The number of aliphatic hydroxyl groups is 1. The summed E-state index contributed by atoms with van der Waals surface area (Å²) in [6.45, 7) is 5.62. The van der Waals surface area contributed by atoms with E-state index in [0.29, 0.717) is 24.9 Å². The van der Waals surface area contributed by atoms with Crippen molar-refractivity contribution in [2.24, 2.45) is 5.92 Å². The van der Waals surface area contributed by atoms with E-state index >= 15 is 0 Å². The maximum absolute atomic E-state index is 11.8. The van der Waals surface area contributed by atoms with Crippen LogP contribution in [0, 0.1) is 5.92 Å². The average Bonchev–Trinajstić information content (AvgIpc) is 2.73. The molecule has 0 atom stereocenters. The topological polar surface area (TPSA) is 71.2 Å². The molecule has 1 N–H and O–H groups in total. The number of amides is 1. The lowest BCUT2D eigenvalue weighted by Crippen LogP contribution is -2.52. The molecule has 0 saturated carbocycles. The van der Waals surface area contributed by atoms with Crippen LogP contribution in [0.4, 0.5) is 0 Å². The van der Waals surface area contributed by atoms with Gasteiger partial charge in [-0.2, -0.15) is 0 Å². The maximum atomic E-state index is 11.8. The number of hydrogen-bond donors (Lipinski definition) is 1. The minimum Gasteiger partial charge on any atom is -0.396 e. The van der Waals surface area contributed by atoms with Crippen molar-refractivity contribution in [2.45, 2.75) is 25.0 Å². The van der Waals surface area contributed by atoms with Crippen LogP contribution in [0.15, 0.2) is 11.5 Å². The molecule has 0 radical (unpaired) electrons. The monoisotopic (exact) mass is 270 g/mol. The first-order valence-electron chi connectivity index (χ1n) is 6.02. The third-order valence-corrected chi connectivity index (χ3v) is 3.93. The van der Waals surface area contributed by atoms with E-state index in [1.54, 1.807) is 11.2 Å². The molecule has 6 nitrogen and oxygen atoms in total. The lowest BCUT2D eigenvalue weighted by Gasteiger charge is -2.38. The summed E-state index contributed by atoms with van der Waals surface area (Å²) in [6, 6.07) is 0.292. The van der Waals surface area contributed by atoms with Crippen molar-refractivity contribution in [1.82, 2.24) is 19.7 Å². The molecule has 1 fully saturated rings. The molecule has 100 valence electrons. The van der Waals surface area contributed by atoms with E-state index in [0.717, 1.165) is 5.16 Å². The fourth-order valence-electron chi connectivity index (χ4n) is 1.80. The van der Waals surface area contributed by atoms with Crippen molar-refractivity contribution in [1.29, 1.82) is 0 Å². The molecule has 2 heterocycles. The summed E-state index contributed by atoms with van der Waals surface area (Å²) >= 11 is 1.41. The Morgan fingerprint density at radius 1 is 1.61 bits per heavy atom. The van der Waals surface area contributed by atoms with Crippen molar-refractivity contribution >= 4 is 17.7 Å². The van der Waals surface area contributed by atoms with E-state index in [4.69, 9.17) is 5.11 Å². The average molecular weight is 270 g/mol. The normalized spacial score (nSPS) is 16.1. The van der Waals surface area contributed by atoms with Gasteiger partial charge in [0.1, 0.15) is 6.33 Å². The quantitative estimate of drug-likeness (QED) is 0.784. The summed E-state index contributed by atoms with van der Waals surface area (Å²) in [5.41, 5.74) is 0. The highest BCUT2D eigenvalue weighted by atomic mass is 32.2. The minimum absolute atomic E-state index is 0.100. The zero-order valence-corrected chi connectivity index (χ0v) is 11.4. The highest BCUT2D eigenvalue weighted by molar-refractivity contribution is 7.99. The van der Waals surface area contributed by atoms with Crippen LogP contribution in [0.2, 0.25) is 0 Å². The SMILES string of the molecule is CC(C)n1cnnc1SCC(=O)N1CC(CO)C1. The zero-order chi connectivity index (χ0) is 13.1. The largest absolute Gasteiger partial charge is 0.396 e. The first-order chi connectivity index (χ1) is 8.61. The standard InChI is InChI=1S/C11H18N4O2S/c1-8(2)15-7-12-13-11(15)18-6-10(17)14-3-9(4-14)5-16/h7-9,16H,3-6H2,1-2H3. The summed E-state index contributed by atoms with van der Waals surface area (Å²) in [7, 11) is 0. The number of hydrogen-bond acceptors (Lipinski definition) is 5. The Balaban J connectivity index is 1.81. The first-order valence-corrected chi connectivity index (χ1v) is 7.01. The molecule has 0 unspecified atom stereocenters. The minimum atomic E-state index is 0.100. The van der Waals surface area contributed by atoms with Gasteiger partial charge in [0, 0.05) is 31.7 Å². The van der Waals surface area contributed by atoms with Gasteiger partial charge in [0.25, 0.3) is 0 Å². The Morgan fingerprint density at radius 3 is 2.94 bits per heavy atom. The lowest BCUT2D eigenvalue weighted by atomic mass is 10.0. The molecule has 2 rings (SSSR count). The van der Waals surface area contributed by atoms with Crippen LogP contribution in [0.1, 0.15) is 19.9 Å². The van der Waals surface area contributed by atoms with E-state index in [1.807, 2.05) is 4.57 Å². The highest BCUT2D eigenvalue weighted by Crippen LogP contribution is 2.21. The number of nitrogens with zero attached hydrogens (tertiary/aromatic N) is 4. The zero-order valence-electron chi connectivity index (χ0n) is 10.6. The van der Waals surface area contributed by atoms with Gasteiger partial charge >= 0.3 is 0 Å². The molecule has 7 heteroatoms. The fourth-order valence-corrected chi connectivity index (χ4v) is 2.74. The van der Waals surface area contributed by atoms with Crippen molar-refractivity contribution in [3.8, 4) is 0 Å². The molecule has 1 aliphatic heterocycles. The molecule has 1 aromatic rings. The Morgan fingerprint density at radius 2 is 2.33 bits per heavy atom. The Bertz CT molecular complexity index is 415. The summed E-state index contributed by atoms with van der Waals surface area (Å²) in [5, 5.41) is 17.5. The van der Waals surface area contributed by atoms with Gasteiger partial charge in [0.2, 0.25) is 5.91 Å².